The van der Waals surface area contributed by atoms with Crippen molar-refractivity contribution in [2.24, 2.45) is 0 Å². The van der Waals surface area contributed by atoms with Gasteiger partial charge >= 0.3 is 0 Å². The quantitative estimate of drug-likeness (QED) is 0.603. The summed E-state index contributed by atoms with van der Waals surface area (Å²) >= 11 is 1.46. The zero-order valence-corrected chi connectivity index (χ0v) is 7.55. The summed E-state index contributed by atoms with van der Waals surface area (Å²) in [5.74, 6) is 0. The van der Waals surface area contributed by atoms with Gasteiger partial charge in [-0.2, -0.15) is 0 Å². The molecular formula is C7H7N3OS. The van der Waals surface area contributed by atoms with Crippen LogP contribution in [0.1, 0.15) is 10.6 Å². The van der Waals surface area contributed by atoms with E-state index >= 15 is 0 Å². The van der Waals surface area contributed by atoms with Crippen molar-refractivity contribution in [1.82, 2.24) is 14.6 Å². The predicted molar refractivity (Wildman–Crippen MR) is 46.6 cm³/mol. The lowest BCUT2D eigenvalue weighted by molar-refractivity contribution is 0.906. The van der Waals surface area contributed by atoms with E-state index < -0.39 is 0 Å². The van der Waals surface area contributed by atoms with Gasteiger partial charge < -0.3 is 0 Å². The van der Waals surface area contributed by atoms with Gasteiger partial charge in [-0.25, -0.2) is 0 Å². The summed E-state index contributed by atoms with van der Waals surface area (Å²) in [7, 11) is 0. The lowest BCUT2D eigenvalue weighted by Crippen LogP contribution is -2.17. The SMILES string of the molecule is Cc1cn2c(=O)c(C)nnc2s1. The molecule has 2 aromatic rings. The Bertz CT molecular complexity index is 485. The molecule has 0 radical (unpaired) electrons. The van der Waals surface area contributed by atoms with E-state index in [1.807, 2.05) is 6.92 Å². The maximum absolute atomic E-state index is 11.4. The van der Waals surface area contributed by atoms with Gasteiger partial charge in [0.05, 0.1) is 0 Å². The lowest BCUT2D eigenvalue weighted by Gasteiger charge is -1.90. The molecule has 0 bridgehead atoms. The molecule has 0 aliphatic carbocycles. The van der Waals surface area contributed by atoms with Gasteiger partial charge in [0.1, 0.15) is 5.69 Å². The summed E-state index contributed by atoms with van der Waals surface area (Å²) in [5.41, 5.74) is 0.356. The van der Waals surface area contributed by atoms with Crippen molar-refractivity contribution >= 4 is 16.3 Å². The van der Waals surface area contributed by atoms with Crippen LogP contribution in [0.25, 0.3) is 4.96 Å². The van der Waals surface area contributed by atoms with Crippen LogP contribution in [-0.2, 0) is 0 Å². The average molecular weight is 181 g/mol. The Labute approximate surface area is 72.5 Å². The monoisotopic (exact) mass is 181 g/mol. The van der Waals surface area contributed by atoms with E-state index in [-0.39, 0.29) is 5.56 Å². The van der Waals surface area contributed by atoms with Crippen molar-refractivity contribution < 1.29 is 0 Å². The molecule has 0 saturated heterocycles. The molecule has 0 unspecified atom stereocenters. The molecule has 0 fully saturated rings. The molecule has 2 aromatic heterocycles. The average Bonchev–Trinajstić information content (AvgIpc) is 2.39. The highest BCUT2D eigenvalue weighted by atomic mass is 32.1. The van der Waals surface area contributed by atoms with Crippen molar-refractivity contribution in [3.05, 3.63) is 27.1 Å². The van der Waals surface area contributed by atoms with E-state index in [2.05, 4.69) is 10.2 Å². The van der Waals surface area contributed by atoms with Crippen LogP contribution in [0.4, 0.5) is 0 Å². The number of nitrogens with zero attached hydrogens (tertiary/aromatic N) is 3. The fourth-order valence-electron chi connectivity index (χ4n) is 1.01. The highest BCUT2D eigenvalue weighted by molar-refractivity contribution is 7.16. The van der Waals surface area contributed by atoms with Crippen LogP contribution >= 0.6 is 11.3 Å². The molecular weight excluding hydrogens is 174 g/mol. The van der Waals surface area contributed by atoms with Crippen LogP contribution < -0.4 is 5.56 Å². The zero-order chi connectivity index (χ0) is 8.72. The van der Waals surface area contributed by atoms with Crippen molar-refractivity contribution in [1.29, 1.82) is 0 Å². The smallest absolute Gasteiger partial charge is 0.267 e. The Hall–Kier alpha value is -1.23. The van der Waals surface area contributed by atoms with Gasteiger partial charge in [0, 0.05) is 11.1 Å². The van der Waals surface area contributed by atoms with E-state index in [4.69, 9.17) is 0 Å². The van der Waals surface area contributed by atoms with Crippen molar-refractivity contribution in [2.45, 2.75) is 13.8 Å². The topological polar surface area (TPSA) is 47.3 Å². The zero-order valence-electron chi connectivity index (χ0n) is 6.74. The molecule has 0 aliphatic heterocycles. The maximum Gasteiger partial charge on any atom is 0.280 e. The first kappa shape index (κ1) is 7.42. The van der Waals surface area contributed by atoms with Gasteiger partial charge in [-0.3, -0.25) is 9.20 Å². The Morgan fingerprint density at radius 2 is 2.17 bits per heavy atom. The fourth-order valence-corrected chi connectivity index (χ4v) is 1.77. The van der Waals surface area contributed by atoms with Gasteiger partial charge in [0.25, 0.3) is 5.56 Å². The highest BCUT2D eigenvalue weighted by Crippen LogP contribution is 2.11. The Morgan fingerprint density at radius 3 is 2.92 bits per heavy atom. The first-order valence-corrected chi connectivity index (χ1v) is 4.32. The number of hydrogen-bond donors (Lipinski definition) is 0. The van der Waals surface area contributed by atoms with Crippen LogP contribution in [0.3, 0.4) is 0 Å². The van der Waals surface area contributed by atoms with E-state index in [0.717, 1.165) is 4.88 Å². The third kappa shape index (κ3) is 0.937. The van der Waals surface area contributed by atoms with Crippen molar-refractivity contribution in [2.75, 3.05) is 0 Å². The molecule has 5 heteroatoms. The molecule has 0 aliphatic rings. The summed E-state index contributed by atoms with van der Waals surface area (Å²) in [6.45, 7) is 3.60. The first-order chi connectivity index (χ1) is 5.68. The number of rotatable bonds is 0. The third-order valence-electron chi connectivity index (χ3n) is 1.58. The molecule has 2 heterocycles. The van der Waals surface area contributed by atoms with Crippen molar-refractivity contribution in [3.8, 4) is 0 Å². The first-order valence-electron chi connectivity index (χ1n) is 3.50. The minimum Gasteiger partial charge on any atom is -0.267 e. The largest absolute Gasteiger partial charge is 0.280 e. The standard InChI is InChI=1S/C7H7N3OS/c1-4-3-10-6(11)5(2)8-9-7(10)12-4/h3H,1-2H3. The van der Waals surface area contributed by atoms with E-state index in [0.29, 0.717) is 10.7 Å². The van der Waals surface area contributed by atoms with Crippen LogP contribution in [0.5, 0.6) is 0 Å². The molecule has 0 amide bonds. The second-order valence-corrected chi connectivity index (χ2v) is 3.80. The molecule has 0 aromatic carbocycles. The van der Waals surface area contributed by atoms with E-state index in [1.165, 1.54) is 15.7 Å². The molecule has 62 valence electrons. The summed E-state index contributed by atoms with van der Waals surface area (Å²) in [5, 5.41) is 7.64. The highest BCUT2D eigenvalue weighted by Gasteiger charge is 2.03. The van der Waals surface area contributed by atoms with E-state index in [1.54, 1.807) is 13.1 Å². The number of hydrogen-bond acceptors (Lipinski definition) is 4. The summed E-state index contributed by atoms with van der Waals surface area (Å²) in [6, 6.07) is 0. The molecule has 2 rings (SSSR count). The second-order valence-electron chi connectivity index (χ2n) is 2.58. The van der Waals surface area contributed by atoms with Gasteiger partial charge in [-0.05, 0) is 13.8 Å². The van der Waals surface area contributed by atoms with Gasteiger partial charge in [0.2, 0.25) is 4.96 Å². The molecule has 12 heavy (non-hydrogen) atoms. The molecule has 0 saturated carbocycles. The van der Waals surface area contributed by atoms with Gasteiger partial charge in [-0.1, -0.05) is 11.3 Å². The summed E-state index contributed by atoms with van der Waals surface area (Å²) < 4.78 is 1.53. The number of aromatic nitrogens is 3. The summed E-state index contributed by atoms with van der Waals surface area (Å²) in [6.07, 6.45) is 1.78. The van der Waals surface area contributed by atoms with Crippen LogP contribution in [0, 0.1) is 13.8 Å². The molecule has 4 nitrogen and oxygen atoms in total. The summed E-state index contributed by atoms with van der Waals surface area (Å²) in [4.78, 5) is 13.1. The minimum atomic E-state index is -0.0793. The fraction of sp³-hybridized carbons (Fsp3) is 0.286. The molecule has 0 atom stereocenters. The molecule has 0 N–H and O–H groups in total. The molecule has 0 spiro atoms. The Morgan fingerprint density at radius 1 is 1.42 bits per heavy atom. The normalized spacial score (nSPS) is 10.8. The number of thiazole rings is 1. The lowest BCUT2D eigenvalue weighted by atomic mass is 10.5. The second kappa shape index (κ2) is 2.38. The predicted octanol–water partition coefficient (Wildman–Crippen LogP) is 0.768. The van der Waals surface area contributed by atoms with Crippen LogP contribution in [-0.4, -0.2) is 14.6 Å². The van der Waals surface area contributed by atoms with Gasteiger partial charge in [0.15, 0.2) is 0 Å². The van der Waals surface area contributed by atoms with Crippen LogP contribution in [0.15, 0.2) is 11.0 Å². The van der Waals surface area contributed by atoms with E-state index in [9.17, 15) is 4.79 Å². The van der Waals surface area contributed by atoms with Gasteiger partial charge in [-0.15, -0.1) is 10.2 Å². The Balaban J connectivity index is 2.99. The minimum absolute atomic E-state index is 0.0793. The van der Waals surface area contributed by atoms with Crippen LogP contribution in [0.2, 0.25) is 0 Å². The van der Waals surface area contributed by atoms with Crippen molar-refractivity contribution in [3.63, 3.8) is 0 Å². The number of fused-ring (bicyclic) bond motifs is 1. The Kier molecular flexibility index (Phi) is 1.47. The number of aryl methyl sites for hydroxylation is 2. The maximum atomic E-state index is 11.4. The third-order valence-corrected chi connectivity index (χ3v) is 2.47.